The molecule has 0 saturated heterocycles. The fraction of sp³-hybridized carbons (Fsp3) is 0.167. The van der Waals surface area contributed by atoms with Crippen molar-refractivity contribution in [1.29, 1.82) is 0 Å². The van der Waals surface area contributed by atoms with Crippen LogP contribution in [0, 0.1) is 12.7 Å². The van der Waals surface area contributed by atoms with Gasteiger partial charge in [-0.15, -0.1) is 10.2 Å². The van der Waals surface area contributed by atoms with Gasteiger partial charge in [-0.3, -0.25) is 4.79 Å². The zero-order valence-corrected chi connectivity index (χ0v) is 14.2. The van der Waals surface area contributed by atoms with Gasteiger partial charge in [-0.05, 0) is 36.8 Å². The number of hydrogen-bond donors (Lipinski definition) is 0. The predicted molar refractivity (Wildman–Crippen MR) is 92.6 cm³/mol. The Morgan fingerprint density at radius 1 is 1.12 bits per heavy atom. The van der Waals surface area contributed by atoms with E-state index >= 15 is 0 Å². The number of nitrogens with zero attached hydrogens (tertiary/aromatic N) is 3. The molecule has 1 heterocycles. The van der Waals surface area contributed by atoms with Crippen LogP contribution < -0.4 is 0 Å². The minimum atomic E-state index is -0.352. The van der Waals surface area contributed by atoms with Crippen LogP contribution in [0.3, 0.4) is 0 Å². The molecule has 0 radical (unpaired) electrons. The van der Waals surface area contributed by atoms with Gasteiger partial charge in [0.25, 0.3) is 0 Å². The first-order valence-electron chi connectivity index (χ1n) is 7.43. The molecule has 0 spiro atoms. The van der Waals surface area contributed by atoms with Crippen molar-refractivity contribution >= 4 is 17.5 Å². The second-order valence-corrected chi connectivity index (χ2v) is 6.34. The number of carbonyl (C=O) groups excluding carboxylic acids is 1. The van der Waals surface area contributed by atoms with Crippen LogP contribution >= 0.6 is 11.8 Å². The summed E-state index contributed by atoms with van der Waals surface area (Å²) in [5, 5.41) is 9.09. The van der Waals surface area contributed by atoms with Crippen molar-refractivity contribution < 1.29 is 9.18 Å². The third-order valence-corrected chi connectivity index (χ3v) is 4.74. The Balaban J connectivity index is 1.74. The maximum atomic E-state index is 12.9. The highest BCUT2D eigenvalue weighted by Gasteiger charge is 2.14. The molecule has 24 heavy (non-hydrogen) atoms. The number of rotatable bonds is 5. The quantitative estimate of drug-likeness (QED) is 0.521. The number of aryl methyl sites for hydroxylation is 1. The van der Waals surface area contributed by atoms with Crippen LogP contribution in [-0.2, 0) is 7.05 Å². The van der Waals surface area contributed by atoms with Crippen molar-refractivity contribution in [2.24, 2.45) is 7.05 Å². The van der Waals surface area contributed by atoms with Crippen LogP contribution in [0.25, 0.3) is 11.4 Å². The van der Waals surface area contributed by atoms with Gasteiger partial charge in [0.2, 0.25) is 0 Å². The summed E-state index contributed by atoms with van der Waals surface area (Å²) in [5.41, 5.74) is 2.63. The van der Waals surface area contributed by atoms with Gasteiger partial charge in [0.15, 0.2) is 16.8 Å². The molecule has 0 bridgehead atoms. The molecule has 122 valence electrons. The maximum absolute atomic E-state index is 12.9. The number of aromatic nitrogens is 3. The smallest absolute Gasteiger partial charge is 0.191 e. The lowest BCUT2D eigenvalue weighted by Gasteiger charge is -2.06. The van der Waals surface area contributed by atoms with E-state index in [1.165, 1.54) is 36.0 Å². The Morgan fingerprint density at radius 3 is 2.54 bits per heavy atom. The number of benzene rings is 2. The third kappa shape index (κ3) is 3.38. The van der Waals surface area contributed by atoms with Gasteiger partial charge < -0.3 is 4.57 Å². The largest absolute Gasteiger partial charge is 0.305 e. The third-order valence-electron chi connectivity index (χ3n) is 3.72. The Morgan fingerprint density at radius 2 is 1.83 bits per heavy atom. The molecule has 0 aliphatic carbocycles. The summed E-state index contributed by atoms with van der Waals surface area (Å²) in [5.74, 6) is 0.575. The molecule has 2 aromatic carbocycles. The molecule has 1 aromatic heterocycles. The van der Waals surface area contributed by atoms with E-state index in [4.69, 9.17) is 0 Å². The predicted octanol–water partition coefficient (Wildman–Crippen LogP) is 3.90. The van der Waals surface area contributed by atoms with Crippen molar-refractivity contribution in [2.45, 2.75) is 12.1 Å². The molecule has 0 aliphatic rings. The Kier molecular flexibility index (Phi) is 4.76. The summed E-state index contributed by atoms with van der Waals surface area (Å²) >= 11 is 1.32. The van der Waals surface area contributed by atoms with Crippen LogP contribution in [0.15, 0.2) is 53.7 Å². The first-order valence-corrected chi connectivity index (χ1v) is 8.42. The van der Waals surface area contributed by atoms with Gasteiger partial charge >= 0.3 is 0 Å². The number of Topliss-reactive ketones (excluding diaryl/α,β-unsaturated/α-hetero) is 1. The van der Waals surface area contributed by atoms with E-state index in [2.05, 4.69) is 10.2 Å². The minimum Gasteiger partial charge on any atom is -0.305 e. The molecule has 3 rings (SSSR count). The normalized spacial score (nSPS) is 10.8. The summed E-state index contributed by atoms with van der Waals surface area (Å²) in [6.45, 7) is 2.02. The summed E-state index contributed by atoms with van der Waals surface area (Å²) in [6, 6.07) is 13.5. The molecule has 0 fully saturated rings. The van der Waals surface area contributed by atoms with E-state index in [0.29, 0.717) is 10.7 Å². The van der Waals surface area contributed by atoms with Crippen LogP contribution in [0.1, 0.15) is 15.9 Å². The number of thioether (sulfide) groups is 1. The number of halogens is 1. The fourth-order valence-electron chi connectivity index (χ4n) is 2.35. The van der Waals surface area contributed by atoms with Crippen LogP contribution in [-0.4, -0.2) is 26.3 Å². The average Bonchev–Trinajstić information content (AvgIpc) is 2.94. The standard InChI is InChI=1S/C18H16FN3OS/c1-12-5-3-4-6-15(12)17-20-21-18(22(17)2)24-11-16(23)13-7-9-14(19)10-8-13/h3-10H,11H2,1-2H3. The van der Waals surface area contributed by atoms with Gasteiger partial charge in [0, 0.05) is 18.2 Å². The fourth-order valence-corrected chi connectivity index (χ4v) is 3.15. The van der Waals surface area contributed by atoms with Crippen LogP contribution in [0.4, 0.5) is 4.39 Å². The summed E-state index contributed by atoms with van der Waals surface area (Å²) in [7, 11) is 1.88. The van der Waals surface area contributed by atoms with Crippen molar-refractivity contribution in [2.75, 3.05) is 5.75 Å². The Bertz CT molecular complexity index is 874. The molecule has 0 atom stereocenters. The van der Waals surface area contributed by atoms with Crippen molar-refractivity contribution in [1.82, 2.24) is 14.8 Å². The van der Waals surface area contributed by atoms with E-state index in [0.717, 1.165) is 17.0 Å². The van der Waals surface area contributed by atoms with E-state index in [1.54, 1.807) is 0 Å². The van der Waals surface area contributed by atoms with Gasteiger partial charge in [-0.1, -0.05) is 36.0 Å². The molecule has 4 nitrogen and oxygen atoms in total. The molecule has 0 amide bonds. The van der Waals surface area contributed by atoms with Crippen molar-refractivity contribution in [3.05, 3.63) is 65.5 Å². The van der Waals surface area contributed by atoms with Gasteiger partial charge in [-0.2, -0.15) is 0 Å². The second-order valence-electron chi connectivity index (χ2n) is 5.40. The van der Waals surface area contributed by atoms with Gasteiger partial charge in [0.05, 0.1) is 5.75 Å². The zero-order valence-electron chi connectivity index (χ0n) is 13.4. The Labute approximate surface area is 143 Å². The SMILES string of the molecule is Cc1ccccc1-c1nnc(SCC(=O)c2ccc(F)cc2)n1C. The Hall–Kier alpha value is -2.47. The zero-order chi connectivity index (χ0) is 17.1. The highest BCUT2D eigenvalue weighted by molar-refractivity contribution is 7.99. The molecule has 6 heteroatoms. The van der Waals surface area contributed by atoms with E-state index < -0.39 is 0 Å². The first kappa shape index (κ1) is 16.4. The van der Waals surface area contributed by atoms with E-state index in [9.17, 15) is 9.18 Å². The lowest BCUT2D eigenvalue weighted by Crippen LogP contribution is -2.04. The lowest BCUT2D eigenvalue weighted by atomic mass is 10.1. The van der Waals surface area contributed by atoms with Crippen LogP contribution in [0.2, 0.25) is 0 Å². The summed E-state index contributed by atoms with van der Waals surface area (Å²) in [4.78, 5) is 12.2. The molecule has 0 unspecified atom stereocenters. The molecule has 0 N–H and O–H groups in total. The highest BCUT2D eigenvalue weighted by atomic mass is 32.2. The molecule has 3 aromatic rings. The number of hydrogen-bond acceptors (Lipinski definition) is 4. The maximum Gasteiger partial charge on any atom is 0.191 e. The first-order chi connectivity index (χ1) is 11.6. The molecular formula is C18H16FN3OS. The van der Waals surface area contributed by atoms with Gasteiger partial charge in [0.1, 0.15) is 5.82 Å². The molecule has 0 saturated carbocycles. The topological polar surface area (TPSA) is 47.8 Å². The van der Waals surface area contributed by atoms with E-state index in [-0.39, 0.29) is 17.4 Å². The van der Waals surface area contributed by atoms with Gasteiger partial charge in [-0.25, -0.2) is 4.39 Å². The van der Waals surface area contributed by atoms with Crippen molar-refractivity contribution in [3.8, 4) is 11.4 Å². The molecule has 0 aliphatic heterocycles. The summed E-state index contributed by atoms with van der Waals surface area (Å²) in [6.07, 6.45) is 0. The van der Waals surface area contributed by atoms with Crippen molar-refractivity contribution in [3.63, 3.8) is 0 Å². The monoisotopic (exact) mass is 341 g/mol. The average molecular weight is 341 g/mol. The van der Waals surface area contributed by atoms with Crippen LogP contribution in [0.5, 0.6) is 0 Å². The second kappa shape index (κ2) is 6.97. The minimum absolute atomic E-state index is 0.0690. The summed E-state index contributed by atoms with van der Waals surface area (Å²) < 4.78 is 14.8. The van der Waals surface area contributed by atoms with E-state index in [1.807, 2.05) is 42.8 Å². The number of ketones is 1. The molecular weight excluding hydrogens is 325 g/mol. The highest BCUT2D eigenvalue weighted by Crippen LogP contribution is 2.25. The lowest BCUT2D eigenvalue weighted by molar-refractivity contribution is 0.102. The number of carbonyl (C=O) groups is 1.